The Bertz CT molecular complexity index is 419. The molecule has 0 amide bonds. The highest BCUT2D eigenvalue weighted by atomic mass is 16.6. The Morgan fingerprint density at radius 3 is 3.24 bits per heavy atom. The molecular weight excluding hydrogens is 218 g/mol. The van der Waals surface area contributed by atoms with Crippen LogP contribution in [-0.4, -0.2) is 46.3 Å². The molecule has 0 aromatic carbocycles. The lowest BCUT2D eigenvalue weighted by Gasteiger charge is -2.37. The van der Waals surface area contributed by atoms with Gasteiger partial charge in [0, 0.05) is 25.0 Å². The molecule has 1 saturated carbocycles. The first kappa shape index (κ1) is 10.1. The molecular formula is C13H17NO3. The van der Waals surface area contributed by atoms with E-state index in [9.17, 15) is 9.90 Å². The molecule has 4 atom stereocenters. The van der Waals surface area contributed by atoms with Crippen molar-refractivity contribution in [2.45, 2.75) is 55.9 Å². The molecule has 0 radical (unpaired) electrons. The van der Waals surface area contributed by atoms with Crippen LogP contribution in [0.5, 0.6) is 0 Å². The Kier molecular flexibility index (Phi) is 1.85. The molecule has 4 nitrogen and oxygen atoms in total. The van der Waals surface area contributed by atoms with Crippen molar-refractivity contribution in [3.8, 4) is 0 Å². The molecule has 0 unspecified atom stereocenters. The lowest BCUT2D eigenvalue weighted by atomic mass is 9.76. The minimum atomic E-state index is -0.374. The van der Waals surface area contributed by atoms with Crippen LogP contribution in [-0.2, 0) is 9.53 Å². The molecule has 2 bridgehead atoms. The standard InChI is InChI=1S/C13H17NO3/c15-10-5-8-6-12(16)17-13(8)7-9(10)14-4-2-1-3-11(13)14/h6,9-11,15H,1-5,7H2/t9-,10-,11-,13-/m0/s1. The van der Waals surface area contributed by atoms with E-state index in [2.05, 4.69) is 4.90 Å². The van der Waals surface area contributed by atoms with Gasteiger partial charge in [-0.3, -0.25) is 4.90 Å². The van der Waals surface area contributed by atoms with Gasteiger partial charge in [-0.2, -0.15) is 0 Å². The van der Waals surface area contributed by atoms with E-state index in [1.807, 2.05) is 0 Å². The summed E-state index contributed by atoms with van der Waals surface area (Å²) in [5.74, 6) is -0.208. The van der Waals surface area contributed by atoms with Crippen LogP contribution in [0.3, 0.4) is 0 Å². The van der Waals surface area contributed by atoms with Gasteiger partial charge in [0.25, 0.3) is 0 Å². The molecule has 4 aliphatic rings. The number of aliphatic hydroxyl groups excluding tert-OH is 1. The minimum absolute atomic E-state index is 0.198. The molecule has 3 aliphatic heterocycles. The predicted molar refractivity (Wildman–Crippen MR) is 60.3 cm³/mol. The van der Waals surface area contributed by atoms with Crippen molar-refractivity contribution in [3.63, 3.8) is 0 Å². The molecule has 1 spiro atoms. The normalized spacial score (nSPS) is 48.4. The first-order chi connectivity index (χ1) is 8.21. The van der Waals surface area contributed by atoms with Gasteiger partial charge in [-0.1, -0.05) is 6.42 Å². The van der Waals surface area contributed by atoms with E-state index in [-0.39, 0.29) is 23.7 Å². The number of piperidine rings is 1. The number of esters is 1. The minimum Gasteiger partial charge on any atom is -0.450 e. The van der Waals surface area contributed by atoms with Crippen molar-refractivity contribution in [2.75, 3.05) is 6.54 Å². The number of aliphatic hydroxyl groups is 1. The van der Waals surface area contributed by atoms with Crippen LogP contribution in [0.2, 0.25) is 0 Å². The molecule has 0 aromatic rings. The predicted octanol–water partition coefficient (Wildman–Crippen LogP) is 0.600. The van der Waals surface area contributed by atoms with Crippen LogP contribution in [0, 0.1) is 0 Å². The van der Waals surface area contributed by atoms with Gasteiger partial charge in [0.2, 0.25) is 0 Å². The van der Waals surface area contributed by atoms with Gasteiger partial charge < -0.3 is 9.84 Å². The molecule has 1 aliphatic carbocycles. The zero-order valence-electron chi connectivity index (χ0n) is 9.76. The van der Waals surface area contributed by atoms with E-state index in [0.29, 0.717) is 12.5 Å². The fraction of sp³-hybridized carbons (Fsp3) is 0.769. The SMILES string of the molecule is O=C1C=C2C[C@H](O)[C@@H]3C[C@@]2(O1)[C@@H]1CCCCN13. The highest BCUT2D eigenvalue weighted by Gasteiger charge is 2.63. The van der Waals surface area contributed by atoms with Gasteiger partial charge >= 0.3 is 5.97 Å². The van der Waals surface area contributed by atoms with Crippen molar-refractivity contribution in [1.29, 1.82) is 0 Å². The number of carbonyl (C=O) groups is 1. The third-order valence-electron chi connectivity index (χ3n) is 5.01. The van der Waals surface area contributed by atoms with Crippen molar-refractivity contribution in [2.24, 2.45) is 0 Å². The van der Waals surface area contributed by atoms with E-state index in [1.165, 1.54) is 12.8 Å². The molecule has 3 heterocycles. The van der Waals surface area contributed by atoms with Gasteiger partial charge in [0.05, 0.1) is 12.1 Å². The second-order valence-corrected chi connectivity index (χ2v) is 5.77. The maximum Gasteiger partial charge on any atom is 0.331 e. The number of fused-ring (bicyclic) bond motifs is 3. The van der Waals surface area contributed by atoms with E-state index >= 15 is 0 Å². The monoisotopic (exact) mass is 235 g/mol. The summed E-state index contributed by atoms with van der Waals surface area (Å²) in [7, 11) is 0. The Hall–Kier alpha value is -0.870. The van der Waals surface area contributed by atoms with Gasteiger partial charge in [0.1, 0.15) is 0 Å². The van der Waals surface area contributed by atoms with E-state index < -0.39 is 0 Å². The van der Waals surface area contributed by atoms with Crippen molar-refractivity contribution < 1.29 is 14.6 Å². The van der Waals surface area contributed by atoms with Crippen LogP contribution in [0.1, 0.15) is 32.1 Å². The van der Waals surface area contributed by atoms with Gasteiger partial charge in [-0.25, -0.2) is 4.79 Å². The van der Waals surface area contributed by atoms with Crippen molar-refractivity contribution >= 4 is 5.97 Å². The van der Waals surface area contributed by atoms with Crippen LogP contribution in [0.15, 0.2) is 11.6 Å². The molecule has 4 rings (SSSR count). The number of rotatable bonds is 0. The first-order valence-electron chi connectivity index (χ1n) is 6.58. The van der Waals surface area contributed by atoms with Gasteiger partial charge in [-0.05, 0) is 25.0 Å². The third kappa shape index (κ3) is 1.13. The number of carbonyl (C=O) groups excluding carboxylic acids is 1. The smallest absolute Gasteiger partial charge is 0.331 e. The third-order valence-corrected chi connectivity index (χ3v) is 5.01. The summed E-state index contributed by atoms with van der Waals surface area (Å²) in [6, 6.07) is 0.513. The van der Waals surface area contributed by atoms with Crippen molar-refractivity contribution in [3.05, 3.63) is 11.6 Å². The fourth-order valence-electron chi connectivity index (χ4n) is 4.36. The van der Waals surface area contributed by atoms with E-state index in [4.69, 9.17) is 4.74 Å². The first-order valence-corrected chi connectivity index (χ1v) is 6.58. The Balaban J connectivity index is 1.81. The summed E-state index contributed by atoms with van der Waals surface area (Å²) >= 11 is 0. The average Bonchev–Trinajstić information content (AvgIpc) is 2.79. The Morgan fingerprint density at radius 1 is 1.47 bits per heavy atom. The summed E-state index contributed by atoms with van der Waals surface area (Å²) in [4.78, 5) is 14.0. The highest BCUT2D eigenvalue weighted by Crippen LogP contribution is 2.53. The maximum absolute atomic E-state index is 11.6. The second kappa shape index (κ2) is 3.12. The zero-order valence-corrected chi connectivity index (χ0v) is 9.76. The number of ether oxygens (including phenoxy) is 1. The highest BCUT2D eigenvalue weighted by molar-refractivity contribution is 5.87. The van der Waals surface area contributed by atoms with Crippen LogP contribution in [0.25, 0.3) is 0 Å². The zero-order chi connectivity index (χ0) is 11.6. The summed E-state index contributed by atoms with van der Waals surface area (Å²) in [6.07, 6.45) is 6.21. The molecule has 1 N–H and O–H groups in total. The number of hydrogen-bond acceptors (Lipinski definition) is 4. The quantitative estimate of drug-likeness (QED) is 0.625. The van der Waals surface area contributed by atoms with E-state index in [0.717, 1.165) is 25.0 Å². The molecule has 0 aromatic heterocycles. The molecule has 3 fully saturated rings. The fourth-order valence-corrected chi connectivity index (χ4v) is 4.36. The Morgan fingerprint density at radius 2 is 2.35 bits per heavy atom. The van der Waals surface area contributed by atoms with Gasteiger partial charge in [-0.15, -0.1) is 0 Å². The largest absolute Gasteiger partial charge is 0.450 e. The van der Waals surface area contributed by atoms with Gasteiger partial charge in [0.15, 0.2) is 5.60 Å². The summed E-state index contributed by atoms with van der Waals surface area (Å²) in [5, 5.41) is 10.2. The Labute approximate surface area is 100 Å². The second-order valence-electron chi connectivity index (χ2n) is 5.77. The lowest BCUT2D eigenvalue weighted by Crippen LogP contribution is -2.48. The molecule has 4 heteroatoms. The maximum atomic E-state index is 11.6. The molecule has 17 heavy (non-hydrogen) atoms. The number of hydrogen-bond donors (Lipinski definition) is 1. The van der Waals surface area contributed by atoms with Crippen molar-refractivity contribution in [1.82, 2.24) is 4.90 Å². The summed E-state index contributed by atoms with van der Waals surface area (Å²) in [5.41, 5.74) is 0.669. The summed E-state index contributed by atoms with van der Waals surface area (Å²) < 4.78 is 5.68. The average molecular weight is 235 g/mol. The van der Waals surface area contributed by atoms with E-state index in [1.54, 1.807) is 6.08 Å². The lowest BCUT2D eigenvalue weighted by molar-refractivity contribution is -0.148. The number of nitrogens with zero attached hydrogens (tertiary/aromatic N) is 1. The molecule has 92 valence electrons. The summed E-state index contributed by atoms with van der Waals surface area (Å²) in [6.45, 7) is 1.04. The van der Waals surface area contributed by atoms with Crippen LogP contribution < -0.4 is 0 Å². The topological polar surface area (TPSA) is 49.8 Å². The molecule has 2 saturated heterocycles. The van der Waals surface area contributed by atoms with Crippen LogP contribution in [0.4, 0.5) is 0 Å². The van der Waals surface area contributed by atoms with Crippen LogP contribution >= 0.6 is 0 Å².